The molecule has 0 spiro atoms. The fourth-order valence-corrected chi connectivity index (χ4v) is 2.69. The Bertz CT molecular complexity index is 510. The third kappa shape index (κ3) is 3.52. The SMILES string of the molecule is Cc1ncc(CNCc2cc(N)ccc2Br)s1. The van der Waals surface area contributed by atoms with E-state index in [0.29, 0.717) is 0 Å². The lowest BCUT2D eigenvalue weighted by atomic mass is 10.2. The normalized spacial score (nSPS) is 10.7. The van der Waals surface area contributed by atoms with Crippen LogP contribution in [0.3, 0.4) is 0 Å². The Hall–Kier alpha value is -0.910. The Balaban J connectivity index is 1.91. The van der Waals surface area contributed by atoms with E-state index in [1.807, 2.05) is 31.3 Å². The van der Waals surface area contributed by atoms with Gasteiger partial charge in [0.25, 0.3) is 0 Å². The molecule has 0 saturated carbocycles. The molecule has 2 rings (SSSR count). The van der Waals surface area contributed by atoms with E-state index < -0.39 is 0 Å². The summed E-state index contributed by atoms with van der Waals surface area (Å²) in [5.41, 5.74) is 7.72. The second-order valence-corrected chi connectivity index (χ2v) is 5.97. The predicted octanol–water partition coefficient (Wildman–Crippen LogP) is 3.09. The first-order valence-corrected chi connectivity index (χ1v) is 6.92. The van der Waals surface area contributed by atoms with Crippen molar-refractivity contribution < 1.29 is 0 Å². The molecule has 0 unspecified atom stereocenters. The fraction of sp³-hybridized carbons (Fsp3) is 0.250. The van der Waals surface area contributed by atoms with Gasteiger partial charge in [0, 0.05) is 34.3 Å². The Morgan fingerprint density at radius 2 is 2.24 bits per heavy atom. The maximum absolute atomic E-state index is 5.76. The number of hydrogen-bond acceptors (Lipinski definition) is 4. The first-order valence-electron chi connectivity index (χ1n) is 5.31. The van der Waals surface area contributed by atoms with E-state index in [-0.39, 0.29) is 0 Å². The van der Waals surface area contributed by atoms with Crippen molar-refractivity contribution in [3.63, 3.8) is 0 Å². The molecule has 1 aromatic heterocycles. The van der Waals surface area contributed by atoms with Crippen LogP contribution in [0.25, 0.3) is 0 Å². The zero-order valence-corrected chi connectivity index (χ0v) is 11.9. The highest BCUT2D eigenvalue weighted by Gasteiger charge is 2.01. The minimum atomic E-state index is 0.790. The monoisotopic (exact) mass is 311 g/mol. The Morgan fingerprint density at radius 3 is 2.94 bits per heavy atom. The number of nitrogen functional groups attached to an aromatic ring is 1. The highest BCUT2D eigenvalue weighted by molar-refractivity contribution is 9.10. The van der Waals surface area contributed by atoms with E-state index in [0.717, 1.165) is 28.3 Å². The molecule has 5 heteroatoms. The van der Waals surface area contributed by atoms with Gasteiger partial charge in [-0.1, -0.05) is 15.9 Å². The molecule has 0 atom stereocenters. The molecule has 0 aliphatic rings. The number of nitrogens with one attached hydrogen (secondary N) is 1. The van der Waals surface area contributed by atoms with Gasteiger partial charge in [-0.05, 0) is 30.7 Å². The average molecular weight is 312 g/mol. The highest BCUT2D eigenvalue weighted by Crippen LogP contribution is 2.19. The molecule has 1 aromatic carbocycles. The lowest BCUT2D eigenvalue weighted by Gasteiger charge is -2.06. The average Bonchev–Trinajstić information content (AvgIpc) is 2.69. The third-order valence-corrected chi connectivity index (χ3v) is 4.04. The molecule has 0 aliphatic heterocycles. The van der Waals surface area contributed by atoms with Crippen LogP contribution in [0.5, 0.6) is 0 Å². The number of aromatic nitrogens is 1. The Labute approximate surface area is 113 Å². The Kier molecular flexibility index (Phi) is 4.15. The van der Waals surface area contributed by atoms with Gasteiger partial charge in [-0.15, -0.1) is 11.3 Å². The number of hydrogen-bond donors (Lipinski definition) is 2. The fourth-order valence-electron chi connectivity index (χ4n) is 1.54. The lowest BCUT2D eigenvalue weighted by Crippen LogP contribution is -2.12. The maximum Gasteiger partial charge on any atom is 0.0897 e. The van der Waals surface area contributed by atoms with E-state index >= 15 is 0 Å². The predicted molar refractivity (Wildman–Crippen MR) is 75.9 cm³/mol. The van der Waals surface area contributed by atoms with E-state index in [2.05, 4.69) is 26.2 Å². The molecular weight excluding hydrogens is 298 g/mol. The van der Waals surface area contributed by atoms with Crippen LogP contribution in [0.15, 0.2) is 28.9 Å². The molecule has 0 aliphatic carbocycles. The van der Waals surface area contributed by atoms with Crippen LogP contribution < -0.4 is 11.1 Å². The minimum Gasteiger partial charge on any atom is -0.399 e. The Morgan fingerprint density at radius 1 is 1.41 bits per heavy atom. The van der Waals surface area contributed by atoms with Crippen molar-refractivity contribution in [1.29, 1.82) is 0 Å². The summed E-state index contributed by atoms with van der Waals surface area (Å²) in [5.74, 6) is 0. The molecule has 3 N–H and O–H groups in total. The number of aryl methyl sites for hydroxylation is 1. The molecule has 2 aromatic rings. The molecule has 0 amide bonds. The summed E-state index contributed by atoms with van der Waals surface area (Å²) in [6.45, 7) is 3.65. The van der Waals surface area contributed by atoms with Crippen LogP contribution in [0, 0.1) is 6.92 Å². The van der Waals surface area contributed by atoms with E-state index in [9.17, 15) is 0 Å². The largest absolute Gasteiger partial charge is 0.399 e. The highest BCUT2D eigenvalue weighted by atomic mass is 79.9. The van der Waals surface area contributed by atoms with Gasteiger partial charge < -0.3 is 11.1 Å². The molecule has 0 radical (unpaired) electrons. The summed E-state index contributed by atoms with van der Waals surface area (Å²) in [6.07, 6.45) is 1.92. The number of rotatable bonds is 4. The first-order chi connectivity index (χ1) is 8.15. The van der Waals surface area contributed by atoms with E-state index in [1.54, 1.807) is 11.3 Å². The van der Waals surface area contributed by atoms with Crippen molar-refractivity contribution in [3.05, 3.63) is 44.3 Å². The zero-order valence-electron chi connectivity index (χ0n) is 9.53. The van der Waals surface area contributed by atoms with Gasteiger partial charge >= 0.3 is 0 Å². The first kappa shape index (κ1) is 12.5. The number of anilines is 1. The van der Waals surface area contributed by atoms with Crippen LogP contribution in [0.2, 0.25) is 0 Å². The summed E-state index contributed by atoms with van der Waals surface area (Å²) in [4.78, 5) is 5.48. The van der Waals surface area contributed by atoms with Crippen molar-refractivity contribution in [2.24, 2.45) is 0 Å². The minimum absolute atomic E-state index is 0.790. The summed E-state index contributed by atoms with van der Waals surface area (Å²) in [6, 6.07) is 5.85. The van der Waals surface area contributed by atoms with E-state index in [1.165, 1.54) is 10.4 Å². The number of nitrogens with zero attached hydrogens (tertiary/aromatic N) is 1. The molecule has 0 bridgehead atoms. The van der Waals surface area contributed by atoms with Crippen molar-refractivity contribution >= 4 is 33.0 Å². The van der Waals surface area contributed by atoms with Gasteiger partial charge in [0.15, 0.2) is 0 Å². The topological polar surface area (TPSA) is 50.9 Å². The van der Waals surface area contributed by atoms with Crippen molar-refractivity contribution in [2.75, 3.05) is 5.73 Å². The van der Waals surface area contributed by atoms with Crippen LogP contribution in [0.4, 0.5) is 5.69 Å². The number of thiazole rings is 1. The van der Waals surface area contributed by atoms with Crippen molar-refractivity contribution in [3.8, 4) is 0 Å². The number of nitrogens with two attached hydrogens (primary N) is 1. The molecule has 0 fully saturated rings. The zero-order chi connectivity index (χ0) is 12.3. The summed E-state index contributed by atoms with van der Waals surface area (Å²) < 4.78 is 1.08. The molecule has 1 heterocycles. The summed E-state index contributed by atoms with van der Waals surface area (Å²) in [7, 11) is 0. The van der Waals surface area contributed by atoms with Gasteiger partial charge in [-0.2, -0.15) is 0 Å². The second kappa shape index (κ2) is 5.62. The van der Waals surface area contributed by atoms with Gasteiger partial charge in [0.2, 0.25) is 0 Å². The third-order valence-electron chi connectivity index (χ3n) is 2.35. The second-order valence-electron chi connectivity index (χ2n) is 3.80. The van der Waals surface area contributed by atoms with Crippen LogP contribution in [-0.2, 0) is 13.1 Å². The maximum atomic E-state index is 5.76. The van der Waals surface area contributed by atoms with E-state index in [4.69, 9.17) is 5.73 Å². The van der Waals surface area contributed by atoms with Crippen LogP contribution in [0.1, 0.15) is 15.4 Å². The van der Waals surface area contributed by atoms with Crippen LogP contribution >= 0.6 is 27.3 Å². The smallest absolute Gasteiger partial charge is 0.0897 e. The van der Waals surface area contributed by atoms with Gasteiger partial charge in [-0.25, -0.2) is 4.98 Å². The van der Waals surface area contributed by atoms with Gasteiger partial charge in [-0.3, -0.25) is 0 Å². The quantitative estimate of drug-likeness (QED) is 0.853. The molecule has 0 saturated heterocycles. The summed E-state index contributed by atoms with van der Waals surface area (Å²) in [5, 5.41) is 4.49. The van der Waals surface area contributed by atoms with Crippen molar-refractivity contribution in [2.45, 2.75) is 20.0 Å². The van der Waals surface area contributed by atoms with Crippen LogP contribution in [-0.4, -0.2) is 4.98 Å². The summed E-state index contributed by atoms with van der Waals surface area (Å²) >= 11 is 5.24. The standard InChI is InChI=1S/C12H14BrN3S/c1-8-16-7-11(17-8)6-15-5-9-4-10(14)2-3-12(9)13/h2-4,7,15H,5-6,14H2,1H3. The molecule has 90 valence electrons. The molecule has 17 heavy (non-hydrogen) atoms. The molecular formula is C12H14BrN3S. The molecule has 3 nitrogen and oxygen atoms in total. The number of halogens is 1. The lowest BCUT2D eigenvalue weighted by molar-refractivity contribution is 0.698. The van der Waals surface area contributed by atoms with Gasteiger partial charge in [0.05, 0.1) is 5.01 Å². The van der Waals surface area contributed by atoms with Crippen molar-refractivity contribution in [1.82, 2.24) is 10.3 Å². The number of benzene rings is 1. The van der Waals surface area contributed by atoms with Gasteiger partial charge in [0.1, 0.15) is 0 Å².